The molecule has 0 atom stereocenters. The van der Waals surface area contributed by atoms with Gasteiger partial charge >= 0.3 is 0 Å². The van der Waals surface area contributed by atoms with Crippen LogP contribution in [0.1, 0.15) is 11.3 Å². The van der Waals surface area contributed by atoms with Gasteiger partial charge in [0.15, 0.2) is 0 Å². The Morgan fingerprint density at radius 3 is 2.60 bits per heavy atom. The fourth-order valence-corrected chi connectivity index (χ4v) is 2.63. The van der Waals surface area contributed by atoms with Crippen LogP contribution in [0.3, 0.4) is 0 Å². The molecule has 0 saturated heterocycles. The number of hydrogen-bond acceptors (Lipinski definition) is 2. The summed E-state index contributed by atoms with van der Waals surface area (Å²) in [5, 5.41) is 11.0. The number of fused-ring (bicyclic) bond motifs is 1. The van der Waals surface area contributed by atoms with Gasteiger partial charge in [0.2, 0.25) is 0 Å². The van der Waals surface area contributed by atoms with Crippen molar-refractivity contribution in [3.8, 4) is 16.9 Å². The Balaban J connectivity index is 2.33. The van der Waals surface area contributed by atoms with Gasteiger partial charge in [0.05, 0.1) is 0 Å². The summed E-state index contributed by atoms with van der Waals surface area (Å²) < 4.78 is 5.91. The fraction of sp³-hybridized carbons (Fsp3) is 0.111. The van der Waals surface area contributed by atoms with Crippen molar-refractivity contribution < 1.29 is 9.52 Å². The average Bonchev–Trinajstić information content (AvgIpc) is 2.79. The molecule has 0 unspecified atom stereocenters. The number of benzene rings is 2. The molecular weight excluding hydrogens is 248 g/mol. The smallest absolute Gasteiger partial charge is 0.142 e. The van der Waals surface area contributed by atoms with E-state index in [9.17, 15) is 5.11 Å². The predicted molar refractivity (Wildman–Crippen MR) is 82.0 cm³/mol. The molecule has 0 amide bonds. The molecular formula is C18H16O2. The summed E-state index contributed by atoms with van der Waals surface area (Å²) >= 11 is 0. The molecule has 3 aromatic rings. The number of phenols is 1. The van der Waals surface area contributed by atoms with Crippen LogP contribution in [0.4, 0.5) is 0 Å². The minimum atomic E-state index is 0.255. The Hall–Kier alpha value is -2.48. The van der Waals surface area contributed by atoms with Crippen LogP contribution < -0.4 is 0 Å². The average molecular weight is 264 g/mol. The zero-order valence-electron chi connectivity index (χ0n) is 11.4. The third-order valence-corrected chi connectivity index (χ3v) is 3.52. The zero-order valence-corrected chi connectivity index (χ0v) is 11.4. The molecule has 0 bridgehead atoms. The van der Waals surface area contributed by atoms with Crippen LogP contribution >= 0.6 is 0 Å². The first-order chi connectivity index (χ1) is 9.72. The quantitative estimate of drug-likeness (QED) is 0.686. The van der Waals surface area contributed by atoms with Crippen molar-refractivity contribution in [2.45, 2.75) is 13.3 Å². The number of phenolic OH excluding ortho intramolecular Hbond substituents is 1. The van der Waals surface area contributed by atoms with E-state index in [4.69, 9.17) is 4.42 Å². The van der Waals surface area contributed by atoms with Gasteiger partial charge in [0.25, 0.3) is 0 Å². The number of rotatable bonds is 3. The summed E-state index contributed by atoms with van der Waals surface area (Å²) in [7, 11) is 0. The lowest BCUT2D eigenvalue weighted by Crippen LogP contribution is -1.84. The maximum Gasteiger partial charge on any atom is 0.142 e. The van der Waals surface area contributed by atoms with Crippen LogP contribution in [0, 0.1) is 6.92 Å². The highest BCUT2D eigenvalue weighted by Gasteiger charge is 2.17. The Morgan fingerprint density at radius 2 is 1.90 bits per heavy atom. The highest BCUT2D eigenvalue weighted by molar-refractivity contribution is 5.98. The molecule has 0 aliphatic heterocycles. The summed E-state index contributed by atoms with van der Waals surface area (Å²) in [4.78, 5) is 0. The second kappa shape index (κ2) is 4.89. The van der Waals surface area contributed by atoms with Gasteiger partial charge in [-0.1, -0.05) is 36.4 Å². The molecule has 1 heterocycles. The first-order valence-corrected chi connectivity index (χ1v) is 6.62. The lowest BCUT2D eigenvalue weighted by molar-refractivity contribution is 0.468. The molecule has 0 aliphatic rings. The van der Waals surface area contributed by atoms with E-state index in [0.29, 0.717) is 6.42 Å². The van der Waals surface area contributed by atoms with E-state index in [1.807, 2.05) is 31.2 Å². The summed E-state index contributed by atoms with van der Waals surface area (Å²) in [6, 6.07) is 13.8. The Morgan fingerprint density at radius 1 is 1.15 bits per heavy atom. The van der Waals surface area contributed by atoms with Crippen LogP contribution in [0.25, 0.3) is 22.1 Å². The van der Waals surface area contributed by atoms with Gasteiger partial charge in [-0.05, 0) is 31.0 Å². The van der Waals surface area contributed by atoms with Crippen LogP contribution in [-0.2, 0) is 6.42 Å². The number of aryl methyl sites for hydroxylation is 1. The Bertz CT molecular complexity index is 767. The number of furan rings is 1. The van der Waals surface area contributed by atoms with E-state index in [1.54, 1.807) is 12.1 Å². The van der Waals surface area contributed by atoms with E-state index in [1.165, 1.54) is 0 Å². The van der Waals surface area contributed by atoms with E-state index < -0.39 is 0 Å². The lowest BCUT2D eigenvalue weighted by atomic mass is 10.00. The van der Waals surface area contributed by atoms with E-state index in [0.717, 1.165) is 33.4 Å². The molecule has 0 saturated carbocycles. The largest absolute Gasteiger partial charge is 0.508 e. The van der Waals surface area contributed by atoms with Crippen molar-refractivity contribution in [3.05, 3.63) is 66.4 Å². The maximum atomic E-state index is 10.0. The molecule has 2 heteroatoms. The first kappa shape index (κ1) is 12.5. The van der Waals surface area contributed by atoms with E-state index in [2.05, 4.69) is 18.7 Å². The molecule has 0 spiro atoms. The normalized spacial score (nSPS) is 10.8. The third-order valence-electron chi connectivity index (χ3n) is 3.52. The SMILES string of the molecule is C=CCc1c(O)ccc2c(-c3ccccc3)c(C)oc12. The van der Waals surface area contributed by atoms with Crippen LogP contribution in [0.2, 0.25) is 0 Å². The highest BCUT2D eigenvalue weighted by Crippen LogP contribution is 2.38. The lowest BCUT2D eigenvalue weighted by Gasteiger charge is -2.03. The van der Waals surface area contributed by atoms with Crippen LogP contribution in [0.5, 0.6) is 5.75 Å². The summed E-state index contributed by atoms with van der Waals surface area (Å²) in [6.07, 6.45) is 2.36. The molecule has 1 N–H and O–H groups in total. The van der Waals surface area contributed by atoms with Crippen molar-refractivity contribution in [3.63, 3.8) is 0 Å². The molecule has 0 fully saturated rings. The third kappa shape index (κ3) is 1.90. The fourth-order valence-electron chi connectivity index (χ4n) is 2.63. The van der Waals surface area contributed by atoms with Crippen molar-refractivity contribution in [1.29, 1.82) is 0 Å². The van der Waals surface area contributed by atoms with Gasteiger partial charge in [-0.2, -0.15) is 0 Å². The second-order valence-electron chi connectivity index (χ2n) is 4.83. The minimum absolute atomic E-state index is 0.255. The first-order valence-electron chi connectivity index (χ1n) is 6.62. The minimum Gasteiger partial charge on any atom is -0.508 e. The Kier molecular flexibility index (Phi) is 3.07. The van der Waals surface area contributed by atoms with E-state index >= 15 is 0 Å². The topological polar surface area (TPSA) is 33.4 Å². The number of hydrogen-bond donors (Lipinski definition) is 1. The number of allylic oxidation sites excluding steroid dienone is 1. The van der Waals surface area contributed by atoms with Crippen LogP contribution in [-0.4, -0.2) is 5.11 Å². The highest BCUT2D eigenvalue weighted by atomic mass is 16.3. The predicted octanol–water partition coefficient (Wildman–Crippen LogP) is 4.84. The molecule has 0 radical (unpaired) electrons. The molecule has 0 aliphatic carbocycles. The van der Waals surface area contributed by atoms with Gasteiger partial charge in [0, 0.05) is 16.5 Å². The molecule has 3 rings (SSSR count). The Labute approximate surface area is 118 Å². The zero-order chi connectivity index (χ0) is 14.1. The van der Waals surface area contributed by atoms with Gasteiger partial charge in [-0.3, -0.25) is 0 Å². The van der Waals surface area contributed by atoms with Crippen molar-refractivity contribution >= 4 is 11.0 Å². The summed E-state index contributed by atoms with van der Waals surface area (Å²) in [5.74, 6) is 1.12. The van der Waals surface area contributed by atoms with Crippen molar-refractivity contribution in [1.82, 2.24) is 0 Å². The second-order valence-corrected chi connectivity index (χ2v) is 4.83. The van der Waals surface area contributed by atoms with Gasteiger partial charge < -0.3 is 9.52 Å². The van der Waals surface area contributed by atoms with Gasteiger partial charge in [-0.15, -0.1) is 6.58 Å². The molecule has 20 heavy (non-hydrogen) atoms. The maximum absolute atomic E-state index is 10.0. The van der Waals surface area contributed by atoms with Crippen molar-refractivity contribution in [2.75, 3.05) is 0 Å². The summed E-state index contributed by atoms with van der Waals surface area (Å²) in [6.45, 7) is 5.69. The molecule has 2 nitrogen and oxygen atoms in total. The van der Waals surface area contributed by atoms with Crippen molar-refractivity contribution in [2.24, 2.45) is 0 Å². The van der Waals surface area contributed by atoms with Gasteiger partial charge in [-0.25, -0.2) is 0 Å². The summed E-state index contributed by atoms with van der Waals surface area (Å²) in [5.41, 5.74) is 3.76. The van der Waals surface area contributed by atoms with E-state index in [-0.39, 0.29) is 5.75 Å². The molecule has 2 aromatic carbocycles. The van der Waals surface area contributed by atoms with Crippen LogP contribution in [0.15, 0.2) is 59.5 Å². The molecule has 1 aromatic heterocycles. The van der Waals surface area contributed by atoms with Gasteiger partial charge in [0.1, 0.15) is 17.1 Å². The monoisotopic (exact) mass is 264 g/mol. The number of aromatic hydroxyl groups is 1. The standard InChI is InChI=1S/C18H16O2/c1-3-7-14-16(19)11-10-15-17(12(2)20-18(14)15)13-8-5-4-6-9-13/h3-6,8-11,19H,1,7H2,2H3. The molecule has 100 valence electrons.